The molecular weight excluding hydrogens is 400 g/mol. The first-order valence-electron chi connectivity index (χ1n) is 9.64. The Bertz CT molecular complexity index is 1150. The van der Waals surface area contributed by atoms with Crippen LogP contribution in [0.15, 0.2) is 65.1 Å². The molecule has 0 atom stereocenters. The van der Waals surface area contributed by atoms with Gasteiger partial charge < -0.3 is 9.88 Å². The Kier molecular flexibility index (Phi) is 5.08. The van der Waals surface area contributed by atoms with Crippen LogP contribution in [-0.4, -0.2) is 26.4 Å². The summed E-state index contributed by atoms with van der Waals surface area (Å²) in [6.45, 7) is 0. The summed E-state index contributed by atoms with van der Waals surface area (Å²) in [5.74, 6) is 1.28. The van der Waals surface area contributed by atoms with Crippen LogP contribution in [0.1, 0.15) is 29.6 Å². The molecule has 4 aromatic rings. The fraction of sp³-hybridized carbons (Fsp3) is 0.227. The molecule has 1 N–H and O–H groups in total. The fourth-order valence-electron chi connectivity index (χ4n) is 3.39. The first kappa shape index (κ1) is 18.4. The third kappa shape index (κ3) is 4.21. The number of hydrogen-bond acceptors (Lipinski definition) is 5. The molecule has 5 nitrogen and oxygen atoms in total. The normalized spacial score (nSPS) is 13.7. The second-order valence-electron chi connectivity index (χ2n) is 7.15. The van der Waals surface area contributed by atoms with Gasteiger partial charge in [0.25, 0.3) is 0 Å². The summed E-state index contributed by atoms with van der Waals surface area (Å²) < 4.78 is 2.23. The van der Waals surface area contributed by atoms with Gasteiger partial charge in [0.1, 0.15) is 5.82 Å². The number of anilines is 1. The Labute approximate surface area is 177 Å². The second kappa shape index (κ2) is 8.00. The van der Waals surface area contributed by atoms with Gasteiger partial charge in [-0.25, -0.2) is 0 Å². The lowest BCUT2D eigenvalue weighted by atomic mass is 10.1. The second-order valence-corrected chi connectivity index (χ2v) is 9.13. The van der Waals surface area contributed by atoms with E-state index in [1.54, 1.807) is 11.3 Å². The smallest absolute Gasteiger partial charge is 0.234 e. The molecule has 0 bridgehead atoms. The highest BCUT2D eigenvalue weighted by molar-refractivity contribution is 7.99. The van der Waals surface area contributed by atoms with Crippen molar-refractivity contribution in [3.63, 3.8) is 0 Å². The molecule has 1 saturated carbocycles. The Morgan fingerprint density at radius 1 is 1.10 bits per heavy atom. The number of fused-ring (bicyclic) bond motifs is 1. The third-order valence-corrected chi connectivity index (χ3v) is 6.74. The lowest BCUT2D eigenvalue weighted by Crippen LogP contribution is -2.14. The van der Waals surface area contributed by atoms with Crippen molar-refractivity contribution in [2.75, 3.05) is 11.1 Å². The molecule has 0 radical (unpaired) electrons. The molecule has 0 spiro atoms. The summed E-state index contributed by atoms with van der Waals surface area (Å²) in [6, 6.07) is 18.8. The molecule has 0 unspecified atom stereocenters. The van der Waals surface area contributed by atoms with E-state index in [0.717, 1.165) is 46.7 Å². The van der Waals surface area contributed by atoms with Crippen molar-refractivity contribution >= 4 is 45.5 Å². The Morgan fingerprint density at radius 2 is 1.97 bits per heavy atom. The van der Waals surface area contributed by atoms with E-state index in [-0.39, 0.29) is 5.91 Å². The van der Waals surface area contributed by atoms with Crippen LogP contribution in [0.25, 0.3) is 10.8 Å². The largest absolute Gasteiger partial charge is 0.325 e. The van der Waals surface area contributed by atoms with E-state index in [0.29, 0.717) is 11.8 Å². The number of rotatable bonds is 7. The quantitative estimate of drug-likeness (QED) is 0.420. The fourth-order valence-corrected chi connectivity index (χ4v) is 4.92. The van der Waals surface area contributed by atoms with Crippen LogP contribution in [0.5, 0.6) is 0 Å². The monoisotopic (exact) mass is 420 g/mol. The predicted octanol–water partition coefficient (Wildman–Crippen LogP) is 5.15. The first-order valence-corrected chi connectivity index (χ1v) is 11.5. The number of thiophene rings is 1. The van der Waals surface area contributed by atoms with Gasteiger partial charge >= 0.3 is 0 Å². The van der Waals surface area contributed by atoms with E-state index in [1.165, 1.54) is 16.6 Å². The highest BCUT2D eigenvalue weighted by atomic mass is 32.2. The minimum absolute atomic E-state index is 0.0320. The number of nitrogens with one attached hydrogen (secondary N) is 1. The number of hydrogen-bond donors (Lipinski definition) is 1. The van der Waals surface area contributed by atoms with Crippen LogP contribution in [0, 0.1) is 0 Å². The van der Waals surface area contributed by atoms with E-state index >= 15 is 0 Å². The number of benzene rings is 2. The molecule has 1 aliphatic rings. The van der Waals surface area contributed by atoms with Gasteiger partial charge in [0.2, 0.25) is 5.91 Å². The number of thioether (sulfide) groups is 1. The summed E-state index contributed by atoms with van der Waals surface area (Å²) in [6.07, 6.45) is 3.11. The first-order chi connectivity index (χ1) is 14.3. The summed E-state index contributed by atoms with van der Waals surface area (Å²) in [4.78, 5) is 13.8. The van der Waals surface area contributed by atoms with Crippen LogP contribution in [0.2, 0.25) is 0 Å². The van der Waals surface area contributed by atoms with Gasteiger partial charge in [-0.1, -0.05) is 48.2 Å². The molecule has 2 heterocycles. The van der Waals surface area contributed by atoms with E-state index in [4.69, 9.17) is 0 Å². The van der Waals surface area contributed by atoms with Crippen LogP contribution < -0.4 is 5.32 Å². The summed E-state index contributed by atoms with van der Waals surface area (Å²) in [5, 5.41) is 17.0. The van der Waals surface area contributed by atoms with Gasteiger partial charge in [-0.2, -0.15) is 0 Å². The van der Waals surface area contributed by atoms with Crippen molar-refractivity contribution < 1.29 is 4.79 Å². The zero-order chi connectivity index (χ0) is 19.6. The van der Waals surface area contributed by atoms with E-state index < -0.39 is 0 Å². The van der Waals surface area contributed by atoms with Gasteiger partial charge in [0.05, 0.1) is 5.75 Å². The van der Waals surface area contributed by atoms with Crippen molar-refractivity contribution in [1.29, 1.82) is 0 Å². The SMILES string of the molecule is O=C(CSc1nnc(Cc2cccs2)n1C1CC1)Nc1ccc2ccccc2c1. The molecule has 2 aromatic carbocycles. The van der Waals surface area contributed by atoms with E-state index in [9.17, 15) is 4.79 Å². The maximum Gasteiger partial charge on any atom is 0.234 e. The molecule has 0 saturated heterocycles. The van der Waals surface area contributed by atoms with Gasteiger partial charge in [-0.3, -0.25) is 4.79 Å². The highest BCUT2D eigenvalue weighted by Crippen LogP contribution is 2.39. The summed E-state index contributed by atoms with van der Waals surface area (Å²) in [5.41, 5.74) is 0.816. The van der Waals surface area contributed by atoms with Crippen molar-refractivity contribution in [2.45, 2.75) is 30.5 Å². The maximum absolute atomic E-state index is 12.5. The number of amides is 1. The Hall–Kier alpha value is -2.64. The molecule has 5 rings (SSSR count). The lowest BCUT2D eigenvalue weighted by molar-refractivity contribution is -0.113. The molecule has 1 fully saturated rings. The van der Waals surface area contributed by atoms with Crippen molar-refractivity contribution in [2.24, 2.45) is 0 Å². The maximum atomic E-state index is 12.5. The van der Waals surface area contributed by atoms with Crippen LogP contribution in [0.4, 0.5) is 5.69 Å². The average molecular weight is 421 g/mol. The van der Waals surface area contributed by atoms with Crippen LogP contribution >= 0.6 is 23.1 Å². The Morgan fingerprint density at radius 3 is 2.76 bits per heavy atom. The van der Waals surface area contributed by atoms with Crippen LogP contribution in [-0.2, 0) is 11.2 Å². The lowest BCUT2D eigenvalue weighted by Gasteiger charge is -2.09. The zero-order valence-electron chi connectivity index (χ0n) is 15.7. The van der Waals surface area contributed by atoms with Crippen molar-refractivity contribution in [3.8, 4) is 0 Å². The number of carbonyl (C=O) groups is 1. The molecule has 0 aliphatic heterocycles. The van der Waals surface area contributed by atoms with Gasteiger partial charge in [-0.15, -0.1) is 21.5 Å². The van der Waals surface area contributed by atoms with E-state index in [1.807, 2.05) is 36.4 Å². The minimum Gasteiger partial charge on any atom is -0.325 e. The molecule has 2 aromatic heterocycles. The molecule has 7 heteroatoms. The van der Waals surface area contributed by atoms with Gasteiger partial charge in [-0.05, 0) is 47.2 Å². The molecule has 1 aliphatic carbocycles. The molecule has 1 amide bonds. The molecular formula is C22H20N4OS2. The zero-order valence-corrected chi connectivity index (χ0v) is 17.4. The number of carbonyl (C=O) groups excluding carboxylic acids is 1. The van der Waals surface area contributed by atoms with Gasteiger partial charge in [0.15, 0.2) is 5.16 Å². The van der Waals surface area contributed by atoms with Crippen molar-refractivity contribution in [3.05, 3.63) is 70.7 Å². The predicted molar refractivity (Wildman–Crippen MR) is 119 cm³/mol. The minimum atomic E-state index is -0.0320. The van der Waals surface area contributed by atoms with Gasteiger partial charge in [0, 0.05) is 23.0 Å². The van der Waals surface area contributed by atoms with Crippen molar-refractivity contribution in [1.82, 2.24) is 14.8 Å². The van der Waals surface area contributed by atoms with E-state index in [2.05, 4.69) is 43.7 Å². The molecule has 146 valence electrons. The standard InChI is InChI=1S/C22H20N4OS2/c27-21(23-17-8-7-15-4-1-2-5-16(15)12-17)14-29-22-25-24-20(26(22)18-9-10-18)13-19-6-3-11-28-19/h1-8,11-12,18H,9-10,13-14H2,(H,23,27). The molecule has 29 heavy (non-hydrogen) atoms. The summed E-state index contributed by atoms with van der Waals surface area (Å²) >= 11 is 3.20. The Balaban J connectivity index is 1.25. The topological polar surface area (TPSA) is 59.8 Å². The number of nitrogens with zero attached hydrogens (tertiary/aromatic N) is 3. The summed E-state index contributed by atoms with van der Waals surface area (Å²) in [7, 11) is 0. The average Bonchev–Trinajstić information content (AvgIpc) is 3.28. The highest BCUT2D eigenvalue weighted by Gasteiger charge is 2.30. The van der Waals surface area contributed by atoms with Crippen LogP contribution in [0.3, 0.4) is 0 Å². The third-order valence-electron chi connectivity index (χ3n) is 4.93. The number of aromatic nitrogens is 3.